The fourth-order valence-electron chi connectivity index (χ4n) is 2.14. The maximum Gasteiger partial charge on any atom is 0.412 e. The van der Waals surface area contributed by atoms with Crippen LogP contribution in [-0.2, 0) is 4.74 Å². The molecule has 2 rings (SSSR count). The summed E-state index contributed by atoms with van der Waals surface area (Å²) in [7, 11) is 0. The number of amides is 2. The zero-order valence-electron chi connectivity index (χ0n) is 12.9. The standard InChI is InChI=1S/C15H19N3O3S/c1-7-5-8(18-14(20)21-15(2,3)4)6-9-10(12(16)19)13(17)22-11(7)9/h5-6H,17H2,1-4H3,(H2,16,19)(H,18,20). The van der Waals surface area contributed by atoms with E-state index in [2.05, 4.69) is 5.32 Å². The zero-order chi connectivity index (χ0) is 16.7. The molecule has 0 bridgehead atoms. The molecule has 1 aromatic carbocycles. The Morgan fingerprint density at radius 3 is 2.45 bits per heavy atom. The van der Waals surface area contributed by atoms with E-state index in [-0.39, 0.29) is 5.56 Å². The molecule has 2 aromatic rings. The lowest BCUT2D eigenvalue weighted by Gasteiger charge is -2.19. The summed E-state index contributed by atoms with van der Waals surface area (Å²) in [6.45, 7) is 7.23. The molecule has 0 fully saturated rings. The van der Waals surface area contributed by atoms with Crippen LogP contribution < -0.4 is 16.8 Å². The number of benzene rings is 1. The number of nitrogens with one attached hydrogen (secondary N) is 1. The highest BCUT2D eigenvalue weighted by atomic mass is 32.1. The van der Waals surface area contributed by atoms with Crippen LogP contribution in [0, 0.1) is 6.92 Å². The van der Waals surface area contributed by atoms with E-state index in [0.717, 1.165) is 10.3 Å². The molecule has 1 heterocycles. The van der Waals surface area contributed by atoms with Crippen molar-refractivity contribution in [1.82, 2.24) is 0 Å². The average molecular weight is 321 g/mol. The first-order valence-electron chi connectivity index (χ1n) is 6.71. The lowest BCUT2D eigenvalue weighted by atomic mass is 10.1. The number of nitrogens with two attached hydrogens (primary N) is 2. The van der Waals surface area contributed by atoms with Crippen molar-refractivity contribution in [1.29, 1.82) is 0 Å². The second-order valence-corrected chi connectivity index (χ2v) is 7.05. The molecular formula is C15H19N3O3S. The van der Waals surface area contributed by atoms with Gasteiger partial charge in [0.2, 0.25) is 0 Å². The van der Waals surface area contributed by atoms with Crippen molar-refractivity contribution in [3.8, 4) is 0 Å². The predicted molar refractivity (Wildman–Crippen MR) is 89.3 cm³/mol. The van der Waals surface area contributed by atoms with E-state index in [0.29, 0.717) is 16.1 Å². The van der Waals surface area contributed by atoms with Crippen LogP contribution in [0.1, 0.15) is 36.7 Å². The summed E-state index contributed by atoms with van der Waals surface area (Å²) in [4.78, 5) is 23.4. The first kappa shape index (κ1) is 16.1. The highest BCUT2D eigenvalue weighted by Gasteiger charge is 2.19. The van der Waals surface area contributed by atoms with E-state index in [1.807, 2.05) is 6.92 Å². The number of carbonyl (C=O) groups excluding carboxylic acids is 2. The number of carbonyl (C=O) groups is 2. The van der Waals surface area contributed by atoms with Gasteiger partial charge in [0.05, 0.1) is 10.6 Å². The molecule has 0 saturated heterocycles. The Balaban J connectivity index is 2.42. The molecular weight excluding hydrogens is 302 g/mol. The Bertz CT molecular complexity index is 759. The second-order valence-electron chi connectivity index (χ2n) is 6.00. The second kappa shape index (κ2) is 5.49. The first-order chi connectivity index (χ1) is 10.1. The van der Waals surface area contributed by atoms with Crippen LogP contribution in [0.3, 0.4) is 0 Å². The Labute approximate surface area is 132 Å². The van der Waals surface area contributed by atoms with Crippen LogP contribution in [0.15, 0.2) is 12.1 Å². The molecule has 0 aliphatic heterocycles. The molecule has 6 nitrogen and oxygen atoms in total. The molecule has 0 spiro atoms. The van der Waals surface area contributed by atoms with Crippen molar-refractivity contribution < 1.29 is 14.3 Å². The van der Waals surface area contributed by atoms with Gasteiger partial charge in [-0.2, -0.15) is 0 Å². The fraction of sp³-hybridized carbons (Fsp3) is 0.333. The number of rotatable bonds is 2. The highest BCUT2D eigenvalue weighted by Crippen LogP contribution is 2.37. The van der Waals surface area contributed by atoms with Gasteiger partial charge in [-0.15, -0.1) is 11.3 Å². The Morgan fingerprint density at radius 1 is 1.27 bits per heavy atom. The SMILES string of the molecule is Cc1cc(NC(=O)OC(C)(C)C)cc2c(C(N)=O)c(N)sc12. The summed E-state index contributed by atoms with van der Waals surface area (Å²) in [6.07, 6.45) is -0.560. The van der Waals surface area contributed by atoms with Crippen LogP contribution in [-0.4, -0.2) is 17.6 Å². The van der Waals surface area contributed by atoms with E-state index < -0.39 is 17.6 Å². The van der Waals surface area contributed by atoms with Crippen molar-refractivity contribution in [3.63, 3.8) is 0 Å². The molecule has 0 atom stereocenters. The van der Waals surface area contributed by atoms with E-state index in [4.69, 9.17) is 16.2 Å². The first-order valence-corrected chi connectivity index (χ1v) is 7.52. The largest absolute Gasteiger partial charge is 0.444 e. The Kier molecular flexibility index (Phi) is 4.02. The minimum atomic E-state index is -0.589. The van der Waals surface area contributed by atoms with Gasteiger partial charge in [-0.1, -0.05) is 0 Å². The summed E-state index contributed by atoms with van der Waals surface area (Å²) < 4.78 is 6.09. The summed E-state index contributed by atoms with van der Waals surface area (Å²) >= 11 is 1.30. The number of fused-ring (bicyclic) bond motifs is 1. The number of thiophene rings is 1. The third-order valence-electron chi connectivity index (χ3n) is 2.89. The molecule has 7 heteroatoms. The molecule has 0 radical (unpaired) electrons. The number of primary amides is 1. The van der Waals surface area contributed by atoms with Gasteiger partial charge in [0, 0.05) is 15.8 Å². The number of hydrogen-bond donors (Lipinski definition) is 3. The lowest BCUT2D eigenvalue weighted by Crippen LogP contribution is -2.27. The molecule has 0 unspecified atom stereocenters. The number of aryl methyl sites for hydroxylation is 1. The molecule has 22 heavy (non-hydrogen) atoms. The monoisotopic (exact) mass is 321 g/mol. The van der Waals surface area contributed by atoms with E-state index in [9.17, 15) is 9.59 Å². The quantitative estimate of drug-likeness (QED) is 0.789. The van der Waals surface area contributed by atoms with Gasteiger partial charge >= 0.3 is 6.09 Å². The van der Waals surface area contributed by atoms with Crippen molar-refractivity contribution >= 4 is 44.1 Å². The minimum Gasteiger partial charge on any atom is -0.444 e. The van der Waals surface area contributed by atoms with Crippen LogP contribution in [0.25, 0.3) is 10.1 Å². The maximum absolute atomic E-state index is 11.9. The van der Waals surface area contributed by atoms with Gasteiger partial charge in [0.15, 0.2) is 0 Å². The van der Waals surface area contributed by atoms with Crippen LogP contribution in [0.4, 0.5) is 15.5 Å². The van der Waals surface area contributed by atoms with Gasteiger partial charge in [0.1, 0.15) is 5.60 Å². The molecule has 2 amide bonds. The summed E-state index contributed by atoms with van der Waals surface area (Å²) in [6, 6.07) is 3.48. The summed E-state index contributed by atoms with van der Waals surface area (Å²) in [5, 5.41) is 3.67. The number of hydrogen-bond acceptors (Lipinski definition) is 5. The van der Waals surface area contributed by atoms with Gasteiger partial charge in [-0.3, -0.25) is 10.1 Å². The smallest absolute Gasteiger partial charge is 0.412 e. The topological polar surface area (TPSA) is 107 Å². The minimum absolute atomic E-state index is 0.288. The van der Waals surface area contributed by atoms with Crippen molar-refractivity contribution in [2.24, 2.45) is 5.73 Å². The molecule has 118 valence electrons. The number of ether oxygens (including phenoxy) is 1. The summed E-state index contributed by atoms with van der Waals surface area (Å²) in [5.74, 6) is -0.586. The zero-order valence-corrected chi connectivity index (χ0v) is 13.8. The molecule has 5 N–H and O–H groups in total. The predicted octanol–water partition coefficient (Wildman–Crippen LogP) is 3.24. The fourth-order valence-corrected chi connectivity index (χ4v) is 3.16. The van der Waals surface area contributed by atoms with Crippen LogP contribution in [0.5, 0.6) is 0 Å². The number of nitrogen functional groups attached to an aromatic ring is 1. The van der Waals surface area contributed by atoms with Crippen LogP contribution in [0.2, 0.25) is 0 Å². The van der Waals surface area contributed by atoms with E-state index >= 15 is 0 Å². The molecule has 1 aromatic heterocycles. The van der Waals surface area contributed by atoms with Gasteiger partial charge in [-0.05, 0) is 45.4 Å². The normalized spacial score (nSPS) is 11.5. The van der Waals surface area contributed by atoms with Gasteiger partial charge in [0.25, 0.3) is 5.91 Å². The third kappa shape index (κ3) is 3.30. The highest BCUT2D eigenvalue weighted by molar-refractivity contribution is 7.23. The van der Waals surface area contributed by atoms with Crippen LogP contribution >= 0.6 is 11.3 Å². The Hall–Kier alpha value is -2.28. The molecule has 0 aliphatic rings. The average Bonchev–Trinajstić information content (AvgIpc) is 2.63. The third-order valence-corrected chi connectivity index (χ3v) is 4.06. The van der Waals surface area contributed by atoms with E-state index in [1.54, 1.807) is 32.9 Å². The van der Waals surface area contributed by atoms with Gasteiger partial charge < -0.3 is 16.2 Å². The molecule has 0 aliphatic carbocycles. The lowest BCUT2D eigenvalue weighted by molar-refractivity contribution is 0.0636. The Morgan fingerprint density at radius 2 is 1.91 bits per heavy atom. The van der Waals surface area contributed by atoms with E-state index in [1.165, 1.54) is 11.3 Å². The van der Waals surface area contributed by atoms with Gasteiger partial charge in [-0.25, -0.2) is 4.79 Å². The summed E-state index contributed by atoms with van der Waals surface area (Å²) in [5.41, 5.74) is 12.4. The van der Waals surface area contributed by atoms with Crippen molar-refractivity contribution in [2.75, 3.05) is 11.1 Å². The maximum atomic E-state index is 11.9. The van der Waals surface area contributed by atoms with Crippen molar-refractivity contribution in [2.45, 2.75) is 33.3 Å². The number of anilines is 2. The molecule has 0 saturated carbocycles. The van der Waals surface area contributed by atoms with Crippen molar-refractivity contribution in [3.05, 3.63) is 23.3 Å².